The molecule has 33 heavy (non-hydrogen) atoms. The van der Waals surface area contributed by atoms with Crippen molar-refractivity contribution in [3.8, 4) is 23.3 Å². The third kappa shape index (κ3) is 4.70. The molecule has 0 saturated heterocycles. The maximum absolute atomic E-state index is 12.8. The predicted octanol–water partition coefficient (Wildman–Crippen LogP) is 4.70. The van der Waals surface area contributed by atoms with Crippen molar-refractivity contribution in [3.63, 3.8) is 0 Å². The summed E-state index contributed by atoms with van der Waals surface area (Å²) < 4.78 is 17.2. The molecular weight excluding hydrogens is 418 g/mol. The molecule has 0 unspecified atom stereocenters. The number of pyridine rings is 1. The summed E-state index contributed by atoms with van der Waals surface area (Å²) in [5.41, 5.74) is 1.82. The summed E-state index contributed by atoms with van der Waals surface area (Å²) in [5, 5.41) is 13.1. The van der Waals surface area contributed by atoms with Gasteiger partial charge in [0.05, 0.1) is 6.61 Å². The Balaban J connectivity index is 1.14. The highest BCUT2D eigenvalue weighted by Gasteiger charge is 2.27. The van der Waals surface area contributed by atoms with Crippen LogP contribution in [-0.4, -0.2) is 30.7 Å². The molecule has 7 nitrogen and oxygen atoms in total. The van der Waals surface area contributed by atoms with Crippen molar-refractivity contribution < 1.29 is 19.0 Å². The van der Waals surface area contributed by atoms with Gasteiger partial charge in [-0.1, -0.05) is 12.1 Å². The van der Waals surface area contributed by atoms with Gasteiger partial charge in [0.1, 0.15) is 36.2 Å². The number of carbonyl (C=O) groups excluding carboxylic acids is 1. The molecule has 0 atom stereocenters. The van der Waals surface area contributed by atoms with Gasteiger partial charge in [-0.3, -0.25) is 4.79 Å². The Morgan fingerprint density at radius 1 is 1.06 bits per heavy atom. The number of anilines is 1. The highest BCUT2D eigenvalue weighted by molar-refractivity contribution is 5.93. The lowest BCUT2D eigenvalue weighted by Gasteiger charge is -2.28. The lowest BCUT2D eigenvalue weighted by atomic mass is 9.82. The fourth-order valence-corrected chi connectivity index (χ4v) is 4.46. The van der Waals surface area contributed by atoms with Gasteiger partial charge in [-0.25, -0.2) is 4.98 Å². The fraction of sp³-hybridized carbons (Fsp3) is 0.346. The molecule has 5 rings (SSSR count). The lowest BCUT2D eigenvalue weighted by Crippen LogP contribution is -2.29. The molecule has 2 aromatic carbocycles. The normalized spacial score (nSPS) is 19.5. The van der Waals surface area contributed by atoms with E-state index in [4.69, 9.17) is 19.5 Å². The first kappa shape index (κ1) is 21.1. The summed E-state index contributed by atoms with van der Waals surface area (Å²) in [4.78, 5) is 17.2. The van der Waals surface area contributed by atoms with E-state index in [0.717, 1.165) is 36.8 Å². The van der Waals surface area contributed by atoms with E-state index in [2.05, 4.69) is 16.4 Å². The number of nitriles is 1. The van der Waals surface area contributed by atoms with Gasteiger partial charge in [-0.2, -0.15) is 5.26 Å². The smallest absolute Gasteiger partial charge is 0.227 e. The lowest BCUT2D eigenvalue weighted by molar-refractivity contribution is -0.121. The molecule has 1 N–H and O–H groups in total. The number of aromatic nitrogens is 1. The van der Waals surface area contributed by atoms with Gasteiger partial charge in [-0.15, -0.1) is 0 Å². The van der Waals surface area contributed by atoms with Crippen LogP contribution in [0, 0.1) is 23.2 Å². The van der Waals surface area contributed by atoms with E-state index < -0.39 is 0 Å². The Kier molecular flexibility index (Phi) is 5.99. The van der Waals surface area contributed by atoms with E-state index in [-0.39, 0.29) is 11.8 Å². The SMILES string of the molecule is N#Cc1ccc2cccc(OCC3CCC(C(=O)Nc4ccc5c(c4)OCCO5)CC3)c2n1. The van der Waals surface area contributed by atoms with Gasteiger partial charge < -0.3 is 19.5 Å². The third-order valence-corrected chi connectivity index (χ3v) is 6.30. The van der Waals surface area contributed by atoms with Crippen LogP contribution in [0.2, 0.25) is 0 Å². The van der Waals surface area contributed by atoms with Crippen molar-refractivity contribution in [3.05, 3.63) is 54.2 Å². The molecule has 2 aliphatic rings. The number of hydrogen-bond acceptors (Lipinski definition) is 6. The Hall–Kier alpha value is -3.79. The number of para-hydroxylation sites is 1. The number of nitrogens with zero attached hydrogens (tertiary/aromatic N) is 2. The molecule has 1 saturated carbocycles. The number of ether oxygens (including phenoxy) is 3. The molecule has 1 aromatic heterocycles. The summed E-state index contributed by atoms with van der Waals surface area (Å²) in [6, 6.07) is 17.0. The van der Waals surface area contributed by atoms with E-state index in [1.54, 1.807) is 6.07 Å². The summed E-state index contributed by atoms with van der Waals surface area (Å²) in [6.45, 7) is 1.64. The number of hydrogen-bond donors (Lipinski definition) is 1. The van der Waals surface area contributed by atoms with Gasteiger partial charge >= 0.3 is 0 Å². The van der Waals surface area contributed by atoms with Gasteiger partial charge in [0, 0.05) is 23.1 Å². The summed E-state index contributed by atoms with van der Waals surface area (Å²) in [6.07, 6.45) is 3.52. The zero-order valence-electron chi connectivity index (χ0n) is 18.3. The number of nitrogens with one attached hydrogen (secondary N) is 1. The fourth-order valence-electron chi connectivity index (χ4n) is 4.46. The monoisotopic (exact) mass is 443 g/mol. The van der Waals surface area contributed by atoms with Crippen LogP contribution in [0.3, 0.4) is 0 Å². The van der Waals surface area contributed by atoms with Crippen LogP contribution in [0.25, 0.3) is 10.9 Å². The molecule has 168 valence electrons. The Morgan fingerprint density at radius 2 is 1.88 bits per heavy atom. The number of carbonyl (C=O) groups is 1. The van der Waals surface area contributed by atoms with Gasteiger partial charge in [-0.05, 0) is 61.9 Å². The molecule has 7 heteroatoms. The van der Waals surface area contributed by atoms with Crippen molar-refractivity contribution in [1.29, 1.82) is 5.26 Å². The average molecular weight is 444 g/mol. The second kappa shape index (κ2) is 9.37. The van der Waals surface area contributed by atoms with Crippen molar-refractivity contribution in [1.82, 2.24) is 4.98 Å². The minimum absolute atomic E-state index is 0.00754. The average Bonchev–Trinajstić information content (AvgIpc) is 2.87. The van der Waals surface area contributed by atoms with Crippen LogP contribution in [0.15, 0.2) is 48.5 Å². The topological polar surface area (TPSA) is 93.5 Å². The second-order valence-electron chi connectivity index (χ2n) is 8.51. The molecular formula is C26H25N3O4. The molecule has 0 bridgehead atoms. The third-order valence-electron chi connectivity index (χ3n) is 6.30. The number of rotatable bonds is 5. The van der Waals surface area contributed by atoms with Crippen LogP contribution in [-0.2, 0) is 4.79 Å². The van der Waals surface area contributed by atoms with Gasteiger partial charge in [0.15, 0.2) is 11.5 Å². The zero-order valence-corrected chi connectivity index (χ0v) is 18.3. The van der Waals surface area contributed by atoms with Crippen molar-refractivity contribution >= 4 is 22.5 Å². The number of amides is 1. The molecule has 1 aliphatic heterocycles. The van der Waals surface area contributed by atoms with E-state index in [1.807, 2.05) is 42.5 Å². The maximum Gasteiger partial charge on any atom is 0.227 e. The quantitative estimate of drug-likeness (QED) is 0.614. The highest BCUT2D eigenvalue weighted by atomic mass is 16.6. The minimum Gasteiger partial charge on any atom is -0.491 e. The molecule has 1 amide bonds. The van der Waals surface area contributed by atoms with E-state index in [0.29, 0.717) is 54.2 Å². The van der Waals surface area contributed by atoms with Crippen LogP contribution in [0.1, 0.15) is 31.4 Å². The second-order valence-corrected chi connectivity index (χ2v) is 8.51. The Labute approximate surface area is 192 Å². The standard InChI is InChI=1S/C26H25N3O4/c27-15-21-9-8-18-2-1-3-23(25(18)28-21)33-16-17-4-6-19(7-5-17)26(30)29-20-10-11-22-24(14-20)32-13-12-31-22/h1-3,8-11,14,17,19H,4-7,12-13,16H2,(H,29,30). The largest absolute Gasteiger partial charge is 0.491 e. The van der Waals surface area contributed by atoms with E-state index in [1.165, 1.54) is 0 Å². The molecule has 0 spiro atoms. The predicted molar refractivity (Wildman–Crippen MR) is 123 cm³/mol. The first-order valence-electron chi connectivity index (χ1n) is 11.3. The number of benzene rings is 2. The minimum atomic E-state index is -0.00754. The molecule has 0 radical (unpaired) electrons. The Morgan fingerprint density at radius 3 is 2.70 bits per heavy atom. The summed E-state index contributed by atoms with van der Waals surface area (Å²) in [5.74, 6) is 2.51. The Bertz CT molecular complexity index is 1210. The molecule has 2 heterocycles. The van der Waals surface area contributed by atoms with Gasteiger partial charge in [0.25, 0.3) is 0 Å². The summed E-state index contributed by atoms with van der Waals surface area (Å²) in [7, 11) is 0. The van der Waals surface area contributed by atoms with Crippen molar-refractivity contribution in [2.45, 2.75) is 25.7 Å². The van der Waals surface area contributed by atoms with Crippen molar-refractivity contribution in [2.24, 2.45) is 11.8 Å². The van der Waals surface area contributed by atoms with Crippen LogP contribution in [0.5, 0.6) is 17.2 Å². The van der Waals surface area contributed by atoms with E-state index in [9.17, 15) is 4.79 Å². The van der Waals surface area contributed by atoms with Crippen LogP contribution < -0.4 is 19.5 Å². The maximum atomic E-state index is 12.8. The van der Waals surface area contributed by atoms with Gasteiger partial charge in [0.2, 0.25) is 5.91 Å². The number of fused-ring (bicyclic) bond motifs is 2. The van der Waals surface area contributed by atoms with Crippen LogP contribution >= 0.6 is 0 Å². The zero-order chi connectivity index (χ0) is 22.6. The first-order chi connectivity index (χ1) is 16.2. The van der Waals surface area contributed by atoms with Crippen LogP contribution in [0.4, 0.5) is 5.69 Å². The molecule has 1 aliphatic carbocycles. The summed E-state index contributed by atoms with van der Waals surface area (Å²) >= 11 is 0. The van der Waals surface area contributed by atoms with Crippen molar-refractivity contribution in [2.75, 3.05) is 25.1 Å². The molecule has 3 aromatic rings. The first-order valence-corrected chi connectivity index (χ1v) is 11.3. The van der Waals surface area contributed by atoms with E-state index >= 15 is 0 Å². The highest BCUT2D eigenvalue weighted by Crippen LogP contribution is 2.34. The molecule has 1 fully saturated rings.